The summed E-state index contributed by atoms with van der Waals surface area (Å²) in [6.45, 7) is 4.22. The molecule has 0 amide bonds. The summed E-state index contributed by atoms with van der Waals surface area (Å²) < 4.78 is 55.7. The third kappa shape index (κ3) is 5.35. The van der Waals surface area contributed by atoms with E-state index in [0.29, 0.717) is 36.5 Å². The van der Waals surface area contributed by atoms with Crippen LogP contribution in [-0.2, 0) is 15.1 Å². The lowest BCUT2D eigenvalue weighted by atomic mass is 9.87. The highest BCUT2D eigenvalue weighted by Gasteiger charge is 2.46. The van der Waals surface area contributed by atoms with Crippen LogP contribution in [0, 0.1) is 0 Å². The Hall–Kier alpha value is -2.53. The van der Waals surface area contributed by atoms with Gasteiger partial charge in [-0.05, 0) is 36.4 Å². The number of benzene rings is 1. The van der Waals surface area contributed by atoms with E-state index in [1.54, 1.807) is 18.2 Å². The number of allylic oxidation sites excluding steroid dienone is 1. The third-order valence-electron chi connectivity index (χ3n) is 5.62. The number of ether oxygens (including phenoxy) is 3. The molecule has 33 heavy (non-hydrogen) atoms. The van der Waals surface area contributed by atoms with Crippen molar-refractivity contribution in [1.82, 2.24) is 9.88 Å². The second-order valence-corrected chi connectivity index (χ2v) is 8.28. The molecule has 1 aliphatic heterocycles. The molecule has 4 rings (SSSR count). The van der Waals surface area contributed by atoms with Gasteiger partial charge in [0.2, 0.25) is 0 Å². The number of hydrogen-bond acceptors (Lipinski definition) is 7. The summed E-state index contributed by atoms with van der Waals surface area (Å²) >= 11 is 6.35. The Balaban J connectivity index is 1.63. The van der Waals surface area contributed by atoms with Crippen molar-refractivity contribution in [1.29, 1.82) is 0 Å². The quantitative estimate of drug-likeness (QED) is 0.648. The highest BCUT2D eigenvalue weighted by molar-refractivity contribution is 6.35. The van der Waals surface area contributed by atoms with Crippen LogP contribution in [0.4, 0.5) is 13.2 Å². The molecule has 1 aromatic carbocycles. The molecule has 1 aromatic heterocycles. The zero-order valence-corrected chi connectivity index (χ0v) is 18.5. The minimum Gasteiger partial charge on any atom is -0.492 e. The molecule has 1 aliphatic carbocycles. The molecule has 1 unspecified atom stereocenters. The number of fused-ring (bicyclic) bond motifs is 1. The Morgan fingerprint density at radius 3 is 2.61 bits per heavy atom. The first-order valence-corrected chi connectivity index (χ1v) is 10.8. The van der Waals surface area contributed by atoms with Crippen molar-refractivity contribution in [2.24, 2.45) is 11.5 Å². The maximum absolute atomic E-state index is 13.3. The molecular formula is C22H24ClF3N4O3. The zero-order valence-electron chi connectivity index (χ0n) is 17.7. The zero-order chi connectivity index (χ0) is 23.6. The molecule has 2 aromatic rings. The Kier molecular flexibility index (Phi) is 6.71. The fraction of sp³-hybridized carbons (Fsp3) is 0.409. The van der Waals surface area contributed by atoms with E-state index in [2.05, 4.69) is 14.6 Å². The molecule has 1 saturated heterocycles. The van der Waals surface area contributed by atoms with Crippen molar-refractivity contribution in [2.75, 3.05) is 39.5 Å². The normalized spacial score (nSPS) is 22.2. The van der Waals surface area contributed by atoms with E-state index in [1.165, 1.54) is 18.2 Å². The van der Waals surface area contributed by atoms with Crippen LogP contribution < -0.4 is 16.2 Å². The van der Waals surface area contributed by atoms with E-state index in [9.17, 15) is 13.2 Å². The van der Waals surface area contributed by atoms with Gasteiger partial charge in [0.15, 0.2) is 0 Å². The van der Waals surface area contributed by atoms with Gasteiger partial charge in [-0.15, -0.1) is 13.2 Å². The lowest BCUT2D eigenvalue weighted by Gasteiger charge is -2.34. The smallest absolute Gasteiger partial charge is 0.492 e. The van der Waals surface area contributed by atoms with E-state index < -0.39 is 12.0 Å². The summed E-state index contributed by atoms with van der Waals surface area (Å²) in [4.78, 5) is 6.67. The topological polar surface area (TPSA) is 95.9 Å². The van der Waals surface area contributed by atoms with Gasteiger partial charge in [0.1, 0.15) is 18.0 Å². The Bertz CT molecular complexity index is 1090. The molecule has 4 N–H and O–H groups in total. The van der Waals surface area contributed by atoms with E-state index in [4.69, 9.17) is 32.5 Å². The fourth-order valence-corrected chi connectivity index (χ4v) is 4.12. The largest absolute Gasteiger partial charge is 0.523 e. The van der Waals surface area contributed by atoms with Gasteiger partial charge in [0, 0.05) is 37.1 Å². The summed E-state index contributed by atoms with van der Waals surface area (Å²) in [7, 11) is 0. The second-order valence-electron chi connectivity index (χ2n) is 7.87. The highest BCUT2D eigenvalue weighted by atomic mass is 35.5. The molecule has 1 fully saturated rings. The molecule has 11 heteroatoms. The van der Waals surface area contributed by atoms with Crippen LogP contribution >= 0.6 is 11.6 Å². The number of morpholine rings is 1. The fourth-order valence-electron chi connectivity index (χ4n) is 3.91. The Labute approximate surface area is 193 Å². The van der Waals surface area contributed by atoms with Gasteiger partial charge in [-0.1, -0.05) is 11.6 Å². The first kappa shape index (κ1) is 23.6. The van der Waals surface area contributed by atoms with Crippen LogP contribution in [-0.4, -0.2) is 55.7 Å². The number of hydrogen-bond donors (Lipinski definition) is 2. The van der Waals surface area contributed by atoms with Gasteiger partial charge >= 0.3 is 6.36 Å². The molecule has 7 nitrogen and oxygen atoms in total. The SMILES string of the molecule is NC1=C(N)CC(OC(F)(F)F)(c2ccc3c(OCCN4CCOCC4)ccc(Cl)c3n2)C=C1. The predicted molar refractivity (Wildman–Crippen MR) is 117 cm³/mol. The van der Waals surface area contributed by atoms with Crippen molar-refractivity contribution in [2.45, 2.75) is 18.4 Å². The van der Waals surface area contributed by atoms with E-state index in [0.717, 1.165) is 19.6 Å². The molecule has 2 aliphatic rings. The van der Waals surface area contributed by atoms with Crippen molar-refractivity contribution in [3.63, 3.8) is 0 Å². The van der Waals surface area contributed by atoms with Gasteiger partial charge in [-0.3, -0.25) is 9.64 Å². The van der Waals surface area contributed by atoms with Crippen molar-refractivity contribution in [3.05, 3.63) is 58.5 Å². The summed E-state index contributed by atoms with van der Waals surface area (Å²) in [6, 6.07) is 6.40. The third-order valence-corrected chi connectivity index (χ3v) is 5.93. The molecule has 0 bridgehead atoms. The average molecular weight is 485 g/mol. The number of nitrogens with zero attached hydrogens (tertiary/aromatic N) is 2. The van der Waals surface area contributed by atoms with E-state index in [1.807, 2.05) is 0 Å². The van der Waals surface area contributed by atoms with Gasteiger partial charge in [0.05, 0.1) is 35.1 Å². The maximum atomic E-state index is 13.3. The summed E-state index contributed by atoms with van der Waals surface area (Å²) in [6.07, 6.45) is -2.72. The van der Waals surface area contributed by atoms with Gasteiger partial charge in [-0.2, -0.15) is 0 Å². The number of rotatable bonds is 6. The first-order valence-electron chi connectivity index (χ1n) is 10.4. The molecular weight excluding hydrogens is 461 g/mol. The van der Waals surface area contributed by atoms with Gasteiger partial charge in [0.25, 0.3) is 0 Å². The Morgan fingerprint density at radius 2 is 1.91 bits per heavy atom. The number of alkyl halides is 3. The van der Waals surface area contributed by atoms with E-state index in [-0.39, 0.29) is 28.5 Å². The van der Waals surface area contributed by atoms with Crippen molar-refractivity contribution in [3.8, 4) is 5.75 Å². The van der Waals surface area contributed by atoms with Crippen LogP contribution in [0.5, 0.6) is 5.75 Å². The summed E-state index contributed by atoms with van der Waals surface area (Å²) in [5.74, 6) is 0.537. The lowest BCUT2D eigenvalue weighted by Crippen LogP contribution is -2.38. The standard InChI is InChI=1S/C22H24ClF3N4O3/c23-15-2-3-18(32-12-9-30-7-10-31-11-8-30)14-1-4-19(29-20(14)15)21(33-22(24,25)26)6-5-16(27)17(28)13-21/h1-6H,7-13,27-28H2. The van der Waals surface area contributed by atoms with Crippen LogP contribution in [0.1, 0.15) is 12.1 Å². The molecule has 178 valence electrons. The molecule has 0 saturated carbocycles. The van der Waals surface area contributed by atoms with Crippen LogP contribution in [0.25, 0.3) is 10.9 Å². The minimum atomic E-state index is -4.93. The minimum absolute atomic E-state index is 0.00592. The monoisotopic (exact) mass is 484 g/mol. The molecule has 2 heterocycles. The van der Waals surface area contributed by atoms with Crippen LogP contribution in [0.3, 0.4) is 0 Å². The van der Waals surface area contributed by atoms with Gasteiger partial charge in [-0.25, -0.2) is 4.98 Å². The molecule has 0 radical (unpaired) electrons. The highest BCUT2D eigenvalue weighted by Crippen LogP contribution is 2.42. The number of halogens is 4. The van der Waals surface area contributed by atoms with Crippen molar-refractivity contribution >= 4 is 22.5 Å². The Morgan fingerprint density at radius 1 is 1.15 bits per heavy atom. The van der Waals surface area contributed by atoms with Crippen LogP contribution in [0.15, 0.2) is 47.8 Å². The maximum Gasteiger partial charge on any atom is 0.523 e. The average Bonchev–Trinajstić information content (AvgIpc) is 2.77. The van der Waals surface area contributed by atoms with E-state index >= 15 is 0 Å². The van der Waals surface area contributed by atoms with Gasteiger partial charge < -0.3 is 20.9 Å². The predicted octanol–water partition coefficient (Wildman–Crippen LogP) is 3.42. The molecule has 1 atom stereocenters. The lowest BCUT2D eigenvalue weighted by molar-refractivity contribution is -0.362. The summed E-state index contributed by atoms with van der Waals surface area (Å²) in [5, 5.41) is 0.857. The number of nitrogens with two attached hydrogens (primary N) is 2. The number of pyridine rings is 1. The number of aromatic nitrogens is 1. The van der Waals surface area contributed by atoms with Crippen LogP contribution in [0.2, 0.25) is 5.02 Å². The first-order chi connectivity index (χ1) is 15.7. The van der Waals surface area contributed by atoms with Crippen molar-refractivity contribution < 1.29 is 27.4 Å². The summed E-state index contributed by atoms with van der Waals surface area (Å²) in [5.41, 5.74) is 10.2. The second kappa shape index (κ2) is 9.38. The molecule has 0 spiro atoms.